The van der Waals surface area contributed by atoms with E-state index in [4.69, 9.17) is 4.74 Å². The second-order valence-electron chi connectivity index (χ2n) is 5.02. The van der Waals surface area contributed by atoms with Gasteiger partial charge in [0.1, 0.15) is 5.41 Å². The van der Waals surface area contributed by atoms with Gasteiger partial charge in [-0.05, 0) is 18.8 Å². The molecule has 6 heteroatoms. The largest absolute Gasteiger partial charge is 0.384 e. The number of nitrogens with zero attached hydrogens (tertiary/aromatic N) is 1. The van der Waals surface area contributed by atoms with Crippen LogP contribution in [0.3, 0.4) is 0 Å². The molecular formula is C13H22N2O4. The van der Waals surface area contributed by atoms with Crippen molar-refractivity contribution < 1.29 is 19.1 Å². The Kier molecular flexibility index (Phi) is 5.05. The Labute approximate surface area is 113 Å². The fraction of sp³-hybridized carbons (Fsp3) is 0.769. The summed E-state index contributed by atoms with van der Waals surface area (Å²) in [4.78, 5) is 37.4. The van der Waals surface area contributed by atoms with E-state index >= 15 is 0 Å². The minimum Gasteiger partial charge on any atom is -0.384 e. The van der Waals surface area contributed by atoms with Crippen LogP contribution in [0.2, 0.25) is 0 Å². The van der Waals surface area contributed by atoms with Crippen LogP contribution in [0.4, 0.5) is 4.79 Å². The molecule has 4 amide bonds. The minimum atomic E-state index is -1.11. The van der Waals surface area contributed by atoms with E-state index < -0.39 is 23.3 Å². The van der Waals surface area contributed by atoms with E-state index in [9.17, 15) is 14.4 Å². The number of rotatable bonds is 6. The van der Waals surface area contributed by atoms with Gasteiger partial charge in [0.2, 0.25) is 11.8 Å². The molecule has 0 saturated carbocycles. The maximum absolute atomic E-state index is 12.5. The van der Waals surface area contributed by atoms with Crippen molar-refractivity contribution in [1.29, 1.82) is 0 Å². The van der Waals surface area contributed by atoms with Gasteiger partial charge < -0.3 is 4.74 Å². The third-order valence-electron chi connectivity index (χ3n) is 3.71. The zero-order chi connectivity index (χ0) is 14.6. The van der Waals surface area contributed by atoms with Crippen LogP contribution in [0, 0.1) is 11.3 Å². The van der Waals surface area contributed by atoms with Crippen LogP contribution >= 0.6 is 0 Å². The van der Waals surface area contributed by atoms with Gasteiger partial charge in [-0.25, -0.2) is 4.79 Å². The van der Waals surface area contributed by atoms with Crippen LogP contribution in [0.5, 0.6) is 0 Å². The molecule has 0 aliphatic carbocycles. The molecule has 0 spiro atoms. The Morgan fingerprint density at radius 1 is 1.26 bits per heavy atom. The van der Waals surface area contributed by atoms with Gasteiger partial charge in [-0.15, -0.1) is 0 Å². The van der Waals surface area contributed by atoms with Gasteiger partial charge in [0.25, 0.3) is 0 Å². The van der Waals surface area contributed by atoms with Crippen molar-refractivity contribution in [2.45, 2.75) is 33.6 Å². The first-order chi connectivity index (χ1) is 8.92. The molecule has 1 unspecified atom stereocenters. The summed E-state index contributed by atoms with van der Waals surface area (Å²) >= 11 is 0. The Morgan fingerprint density at radius 3 is 2.32 bits per heavy atom. The van der Waals surface area contributed by atoms with E-state index in [-0.39, 0.29) is 12.5 Å². The van der Waals surface area contributed by atoms with Crippen molar-refractivity contribution in [1.82, 2.24) is 10.2 Å². The molecule has 1 atom stereocenters. The van der Waals surface area contributed by atoms with Gasteiger partial charge in [-0.3, -0.25) is 19.8 Å². The Bertz CT molecular complexity index is 377. The first-order valence-electron chi connectivity index (χ1n) is 6.59. The fourth-order valence-electron chi connectivity index (χ4n) is 2.42. The van der Waals surface area contributed by atoms with E-state index in [1.54, 1.807) is 21.0 Å². The molecular weight excluding hydrogens is 248 g/mol. The predicted octanol–water partition coefficient (Wildman–Crippen LogP) is 1.15. The van der Waals surface area contributed by atoms with Crippen molar-refractivity contribution >= 4 is 17.8 Å². The summed E-state index contributed by atoms with van der Waals surface area (Å²) in [5, 5.41) is 2.29. The molecule has 1 rings (SSSR count). The summed E-state index contributed by atoms with van der Waals surface area (Å²) in [6.45, 7) is 6.17. The average molecular weight is 270 g/mol. The third-order valence-corrected chi connectivity index (χ3v) is 3.71. The maximum atomic E-state index is 12.5. The number of nitrogens with one attached hydrogen (secondary N) is 1. The summed E-state index contributed by atoms with van der Waals surface area (Å²) in [6, 6.07) is -0.629. The molecule has 6 nitrogen and oxygen atoms in total. The van der Waals surface area contributed by atoms with Crippen LogP contribution < -0.4 is 5.32 Å². The summed E-state index contributed by atoms with van der Waals surface area (Å²) < 4.78 is 5.00. The number of hydrogen-bond donors (Lipinski definition) is 1. The monoisotopic (exact) mass is 270 g/mol. The summed E-state index contributed by atoms with van der Waals surface area (Å²) in [5.74, 6) is -0.850. The van der Waals surface area contributed by atoms with E-state index in [0.717, 1.165) is 4.90 Å². The number of urea groups is 1. The van der Waals surface area contributed by atoms with Crippen molar-refractivity contribution in [3.63, 3.8) is 0 Å². The van der Waals surface area contributed by atoms with E-state index in [1.807, 2.05) is 6.92 Å². The fourth-order valence-corrected chi connectivity index (χ4v) is 2.42. The molecule has 1 N–H and O–H groups in total. The number of carbonyl (C=O) groups is 3. The lowest BCUT2D eigenvalue weighted by Gasteiger charge is -2.39. The average Bonchev–Trinajstić information content (AvgIpc) is 2.36. The smallest absolute Gasteiger partial charge is 0.330 e. The highest BCUT2D eigenvalue weighted by Crippen LogP contribution is 2.32. The molecule has 0 aromatic heterocycles. The molecule has 0 radical (unpaired) electrons. The van der Waals surface area contributed by atoms with Gasteiger partial charge in [0.15, 0.2) is 0 Å². The molecule has 0 bridgehead atoms. The molecule has 0 aromatic carbocycles. The van der Waals surface area contributed by atoms with Gasteiger partial charge in [0.05, 0.1) is 6.61 Å². The standard InChI is InChI=1S/C13H22N2O4/c1-5-13(6-2)10(16)14-12(18)15(11(13)17)7-9(3)8-19-4/h9H,5-8H2,1-4H3,(H,14,16,18). The second kappa shape index (κ2) is 6.14. The van der Waals surface area contributed by atoms with Crippen molar-refractivity contribution in [3.8, 4) is 0 Å². The minimum absolute atomic E-state index is 0.0271. The van der Waals surface area contributed by atoms with E-state index in [1.165, 1.54) is 0 Å². The van der Waals surface area contributed by atoms with Crippen molar-refractivity contribution in [2.24, 2.45) is 11.3 Å². The number of imide groups is 2. The Morgan fingerprint density at radius 2 is 1.84 bits per heavy atom. The Balaban J connectivity index is 2.95. The number of barbiturate groups is 1. The van der Waals surface area contributed by atoms with Crippen LogP contribution in [-0.4, -0.2) is 43.0 Å². The van der Waals surface area contributed by atoms with Crippen molar-refractivity contribution in [3.05, 3.63) is 0 Å². The number of ether oxygens (including phenoxy) is 1. The SMILES string of the molecule is CCC1(CC)C(=O)NC(=O)N(CC(C)COC)C1=O. The second-order valence-corrected chi connectivity index (χ2v) is 5.02. The van der Waals surface area contributed by atoms with Gasteiger partial charge in [-0.1, -0.05) is 20.8 Å². The highest BCUT2D eigenvalue weighted by molar-refractivity contribution is 6.19. The number of hydrogen-bond acceptors (Lipinski definition) is 4. The first kappa shape index (κ1) is 15.6. The number of carbonyl (C=O) groups excluding carboxylic acids is 3. The lowest BCUT2D eigenvalue weighted by molar-refractivity contribution is -0.152. The van der Waals surface area contributed by atoms with Crippen molar-refractivity contribution in [2.75, 3.05) is 20.3 Å². The molecule has 1 aliphatic heterocycles. The molecule has 1 fully saturated rings. The zero-order valence-corrected chi connectivity index (χ0v) is 12.0. The summed E-state index contributed by atoms with van der Waals surface area (Å²) in [7, 11) is 1.57. The molecule has 1 aliphatic rings. The molecule has 19 heavy (non-hydrogen) atoms. The van der Waals surface area contributed by atoms with Crippen LogP contribution in [-0.2, 0) is 14.3 Å². The molecule has 1 heterocycles. The lowest BCUT2D eigenvalue weighted by atomic mass is 9.78. The van der Waals surface area contributed by atoms with Gasteiger partial charge >= 0.3 is 6.03 Å². The highest BCUT2D eigenvalue weighted by Gasteiger charge is 2.51. The van der Waals surface area contributed by atoms with E-state index in [0.29, 0.717) is 19.4 Å². The third kappa shape index (κ3) is 2.78. The molecule has 0 aromatic rings. The summed E-state index contributed by atoms with van der Waals surface area (Å²) in [5.41, 5.74) is -1.11. The lowest BCUT2D eigenvalue weighted by Crippen LogP contribution is -2.64. The number of amides is 4. The van der Waals surface area contributed by atoms with Crippen LogP contribution in [0.25, 0.3) is 0 Å². The van der Waals surface area contributed by atoms with Gasteiger partial charge in [0, 0.05) is 13.7 Å². The van der Waals surface area contributed by atoms with E-state index in [2.05, 4.69) is 5.32 Å². The summed E-state index contributed by atoms with van der Waals surface area (Å²) in [6.07, 6.45) is 0.771. The van der Waals surface area contributed by atoms with Crippen LogP contribution in [0.1, 0.15) is 33.6 Å². The quantitative estimate of drug-likeness (QED) is 0.735. The van der Waals surface area contributed by atoms with Gasteiger partial charge in [-0.2, -0.15) is 0 Å². The topological polar surface area (TPSA) is 75.7 Å². The molecule has 1 saturated heterocycles. The highest BCUT2D eigenvalue weighted by atomic mass is 16.5. The number of methoxy groups -OCH3 is 1. The maximum Gasteiger partial charge on any atom is 0.330 e. The predicted molar refractivity (Wildman–Crippen MR) is 69.3 cm³/mol. The normalized spacial score (nSPS) is 20.4. The Hall–Kier alpha value is -1.43. The van der Waals surface area contributed by atoms with Crippen LogP contribution in [0.15, 0.2) is 0 Å². The molecule has 108 valence electrons. The zero-order valence-electron chi connectivity index (χ0n) is 12.0. The first-order valence-corrected chi connectivity index (χ1v) is 6.59.